The van der Waals surface area contributed by atoms with Crippen LogP contribution in [0.1, 0.15) is 5.56 Å². The zero-order valence-electron chi connectivity index (χ0n) is 8.95. The van der Waals surface area contributed by atoms with Crippen molar-refractivity contribution in [3.05, 3.63) is 56.5 Å². The SMILES string of the molecule is N#Cc1cc(Br)ccc1Sc1ccc(Cl)c(Cl)c1. The first-order chi connectivity index (χ1) is 8.60. The normalized spacial score (nSPS) is 10.1. The largest absolute Gasteiger partial charge is 0.192 e. The smallest absolute Gasteiger partial charge is 0.100 e. The summed E-state index contributed by atoms with van der Waals surface area (Å²) in [6.45, 7) is 0. The molecule has 0 aromatic heterocycles. The monoisotopic (exact) mass is 357 g/mol. The number of hydrogen-bond acceptors (Lipinski definition) is 2. The van der Waals surface area contributed by atoms with Crippen molar-refractivity contribution in [3.8, 4) is 6.07 Å². The third-order valence-electron chi connectivity index (χ3n) is 2.18. The van der Waals surface area contributed by atoms with Crippen molar-refractivity contribution in [2.24, 2.45) is 0 Å². The Morgan fingerprint density at radius 2 is 1.83 bits per heavy atom. The zero-order chi connectivity index (χ0) is 13.1. The Balaban J connectivity index is 2.34. The van der Waals surface area contributed by atoms with Crippen molar-refractivity contribution >= 4 is 50.9 Å². The molecule has 90 valence electrons. The van der Waals surface area contributed by atoms with Gasteiger partial charge in [-0.3, -0.25) is 0 Å². The van der Waals surface area contributed by atoms with Crippen molar-refractivity contribution in [2.75, 3.05) is 0 Å². The van der Waals surface area contributed by atoms with E-state index in [2.05, 4.69) is 22.0 Å². The van der Waals surface area contributed by atoms with E-state index in [9.17, 15) is 0 Å². The molecule has 0 saturated heterocycles. The predicted molar refractivity (Wildman–Crippen MR) is 79.4 cm³/mol. The number of benzene rings is 2. The van der Waals surface area contributed by atoms with E-state index in [0.29, 0.717) is 15.6 Å². The highest BCUT2D eigenvalue weighted by Crippen LogP contribution is 2.34. The molecule has 0 fully saturated rings. The third-order valence-corrected chi connectivity index (χ3v) is 4.48. The summed E-state index contributed by atoms with van der Waals surface area (Å²) in [5, 5.41) is 10.1. The molecule has 0 bridgehead atoms. The van der Waals surface area contributed by atoms with E-state index in [0.717, 1.165) is 14.3 Å². The van der Waals surface area contributed by atoms with Crippen LogP contribution in [0.5, 0.6) is 0 Å². The summed E-state index contributed by atoms with van der Waals surface area (Å²) in [7, 11) is 0. The lowest BCUT2D eigenvalue weighted by atomic mass is 10.2. The lowest BCUT2D eigenvalue weighted by molar-refractivity contribution is 1.34. The van der Waals surface area contributed by atoms with Crippen LogP contribution < -0.4 is 0 Å². The molecule has 0 aliphatic rings. The van der Waals surface area contributed by atoms with E-state index >= 15 is 0 Å². The van der Waals surface area contributed by atoms with Gasteiger partial charge in [-0.15, -0.1) is 0 Å². The third kappa shape index (κ3) is 3.21. The second-order valence-corrected chi connectivity index (χ2v) is 6.28. The van der Waals surface area contributed by atoms with Gasteiger partial charge in [0.15, 0.2) is 0 Å². The standard InChI is InChI=1S/C13H6BrCl2NS/c14-9-1-4-13(8(5-9)7-17)18-10-2-3-11(15)12(16)6-10/h1-6H. The molecule has 0 amide bonds. The number of nitriles is 1. The molecule has 0 N–H and O–H groups in total. The highest BCUT2D eigenvalue weighted by Gasteiger charge is 2.06. The predicted octanol–water partition coefficient (Wildman–Crippen LogP) is 5.78. The lowest BCUT2D eigenvalue weighted by Crippen LogP contribution is -1.82. The molecule has 0 atom stereocenters. The van der Waals surface area contributed by atoms with E-state index in [1.54, 1.807) is 18.2 Å². The van der Waals surface area contributed by atoms with E-state index in [-0.39, 0.29) is 0 Å². The van der Waals surface area contributed by atoms with Gasteiger partial charge in [0.25, 0.3) is 0 Å². The molecule has 5 heteroatoms. The van der Waals surface area contributed by atoms with Crippen molar-refractivity contribution in [2.45, 2.75) is 9.79 Å². The molecule has 1 nitrogen and oxygen atoms in total. The van der Waals surface area contributed by atoms with E-state index in [1.165, 1.54) is 11.8 Å². The maximum absolute atomic E-state index is 9.09. The van der Waals surface area contributed by atoms with Crippen molar-refractivity contribution in [3.63, 3.8) is 0 Å². The second kappa shape index (κ2) is 5.99. The Morgan fingerprint density at radius 1 is 1.06 bits per heavy atom. The van der Waals surface area contributed by atoms with Crippen LogP contribution in [-0.2, 0) is 0 Å². The number of nitrogens with zero attached hydrogens (tertiary/aromatic N) is 1. The van der Waals surface area contributed by atoms with Gasteiger partial charge in [0.2, 0.25) is 0 Å². The average Bonchev–Trinajstić information content (AvgIpc) is 2.36. The van der Waals surface area contributed by atoms with Crippen LogP contribution in [0.3, 0.4) is 0 Å². The Labute approximate surface area is 128 Å². The van der Waals surface area contributed by atoms with Gasteiger partial charge < -0.3 is 0 Å². The maximum Gasteiger partial charge on any atom is 0.100 e. The molecule has 0 heterocycles. The Morgan fingerprint density at radius 3 is 2.50 bits per heavy atom. The van der Waals surface area contributed by atoms with Crippen molar-refractivity contribution in [1.29, 1.82) is 5.26 Å². The van der Waals surface area contributed by atoms with Gasteiger partial charge in [0, 0.05) is 14.3 Å². The van der Waals surface area contributed by atoms with Gasteiger partial charge in [0.05, 0.1) is 15.6 Å². The molecule has 0 radical (unpaired) electrons. The summed E-state index contributed by atoms with van der Waals surface area (Å²) in [5.41, 5.74) is 0.625. The lowest BCUT2D eigenvalue weighted by Gasteiger charge is -2.05. The Kier molecular flexibility index (Phi) is 4.58. The van der Waals surface area contributed by atoms with Crippen LogP contribution in [-0.4, -0.2) is 0 Å². The summed E-state index contributed by atoms with van der Waals surface area (Å²) >= 11 is 16.7. The first-order valence-electron chi connectivity index (χ1n) is 4.92. The van der Waals surface area contributed by atoms with Crippen LogP contribution in [0.2, 0.25) is 10.0 Å². The van der Waals surface area contributed by atoms with Crippen molar-refractivity contribution in [1.82, 2.24) is 0 Å². The zero-order valence-corrected chi connectivity index (χ0v) is 12.9. The fraction of sp³-hybridized carbons (Fsp3) is 0. The van der Waals surface area contributed by atoms with Gasteiger partial charge >= 0.3 is 0 Å². The minimum Gasteiger partial charge on any atom is -0.192 e. The number of halogens is 3. The summed E-state index contributed by atoms with van der Waals surface area (Å²) in [5.74, 6) is 0. The summed E-state index contributed by atoms with van der Waals surface area (Å²) in [4.78, 5) is 1.84. The van der Waals surface area contributed by atoms with Gasteiger partial charge in [-0.2, -0.15) is 5.26 Å². The van der Waals surface area contributed by atoms with E-state index < -0.39 is 0 Å². The fourth-order valence-electron chi connectivity index (χ4n) is 1.35. The summed E-state index contributed by atoms with van der Waals surface area (Å²) in [6, 6.07) is 13.2. The van der Waals surface area contributed by atoms with Crippen molar-refractivity contribution < 1.29 is 0 Å². The quantitative estimate of drug-likeness (QED) is 0.679. The van der Waals surface area contributed by atoms with E-state index in [4.69, 9.17) is 28.5 Å². The molecule has 0 unspecified atom stereocenters. The van der Waals surface area contributed by atoms with Crippen LogP contribution in [0, 0.1) is 11.3 Å². The minimum absolute atomic E-state index is 0.511. The maximum atomic E-state index is 9.09. The van der Waals surface area contributed by atoms with Crippen LogP contribution in [0.15, 0.2) is 50.7 Å². The molecule has 18 heavy (non-hydrogen) atoms. The average molecular weight is 359 g/mol. The van der Waals surface area contributed by atoms with E-state index in [1.807, 2.05) is 18.2 Å². The highest BCUT2D eigenvalue weighted by molar-refractivity contribution is 9.10. The van der Waals surface area contributed by atoms with Crippen LogP contribution in [0.25, 0.3) is 0 Å². The molecule has 0 aliphatic heterocycles. The number of hydrogen-bond donors (Lipinski definition) is 0. The highest BCUT2D eigenvalue weighted by atomic mass is 79.9. The van der Waals surface area contributed by atoms with Gasteiger partial charge in [0.1, 0.15) is 6.07 Å². The Hall–Kier alpha value is -0.660. The minimum atomic E-state index is 0.511. The molecule has 2 rings (SSSR count). The Bertz CT molecular complexity index is 637. The summed E-state index contributed by atoms with van der Waals surface area (Å²) in [6.07, 6.45) is 0. The molecule has 0 saturated carbocycles. The first-order valence-corrected chi connectivity index (χ1v) is 7.29. The second-order valence-electron chi connectivity index (χ2n) is 3.43. The fourth-order valence-corrected chi connectivity index (χ4v) is 2.99. The van der Waals surface area contributed by atoms with Crippen LogP contribution >= 0.6 is 50.9 Å². The molecule has 2 aromatic rings. The molecule has 0 aliphatic carbocycles. The van der Waals surface area contributed by atoms with Gasteiger partial charge in [-0.1, -0.05) is 50.9 Å². The molecular formula is C13H6BrCl2NS. The molecular weight excluding hydrogens is 353 g/mol. The summed E-state index contributed by atoms with van der Waals surface area (Å²) < 4.78 is 0.887. The first kappa shape index (κ1) is 13.8. The van der Waals surface area contributed by atoms with Gasteiger partial charge in [-0.05, 0) is 36.4 Å². The van der Waals surface area contributed by atoms with Crippen LogP contribution in [0.4, 0.5) is 0 Å². The van der Waals surface area contributed by atoms with Gasteiger partial charge in [-0.25, -0.2) is 0 Å². The molecule has 0 spiro atoms. The molecule has 2 aromatic carbocycles. The topological polar surface area (TPSA) is 23.8 Å². The number of rotatable bonds is 2.